The first-order valence-corrected chi connectivity index (χ1v) is 10.6. The fraction of sp³-hybridized carbons (Fsp3) is 0.208. The van der Waals surface area contributed by atoms with E-state index in [1.807, 2.05) is 11.8 Å². The van der Waals surface area contributed by atoms with Crippen LogP contribution in [0.2, 0.25) is 0 Å². The molecule has 0 aliphatic rings. The molecular weight excluding hydrogens is 362 g/mol. The number of rotatable bonds is 8. The average molecular weight is 388 g/mol. The van der Waals surface area contributed by atoms with E-state index in [0.29, 0.717) is 0 Å². The van der Waals surface area contributed by atoms with Crippen LogP contribution in [-0.4, -0.2) is 16.1 Å². The molecule has 0 bridgehead atoms. The van der Waals surface area contributed by atoms with Gasteiger partial charge in [0.1, 0.15) is 5.03 Å². The van der Waals surface area contributed by atoms with Crippen molar-refractivity contribution in [1.82, 2.24) is 14.9 Å². The topological polar surface area (TPSA) is 29.9 Å². The summed E-state index contributed by atoms with van der Waals surface area (Å²) < 4.78 is 2.18. The van der Waals surface area contributed by atoms with Gasteiger partial charge in [-0.1, -0.05) is 48.5 Å². The van der Waals surface area contributed by atoms with E-state index in [2.05, 4.69) is 95.9 Å². The molecule has 4 rings (SSSR count). The summed E-state index contributed by atoms with van der Waals surface area (Å²) in [7, 11) is 2.10. The summed E-state index contributed by atoms with van der Waals surface area (Å²) in [6.07, 6.45) is 3.12. The average Bonchev–Trinajstić information content (AvgIpc) is 3.15. The number of pyridine rings is 1. The molecule has 4 heteroatoms. The van der Waals surface area contributed by atoms with Crippen LogP contribution in [0.4, 0.5) is 0 Å². The minimum atomic E-state index is 0.833. The van der Waals surface area contributed by atoms with Gasteiger partial charge in [-0.2, -0.15) is 0 Å². The van der Waals surface area contributed by atoms with E-state index < -0.39 is 0 Å². The number of para-hydroxylation sites is 1. The highest BCUT2D eigenvalue weighted by molar-refractivity contribution is 7.98. The Labute approximate surface area is 170 Å². The van der Waals surface area contributed by atoms with Crippen molar-refractivity contribution in [1.29, 1.82) is 0 Å². The lowest BCUT2D eigenvalue weighted by molar-refractivity contribution is 0.658. The standard InChI is InChI=1S/C24H25N3S/c1-27-15-7-11-22(27)13-14-25-17-21-16-20-10-5-6-12-23(20)26-24(21)28-18-19-8-3-2-4-9-19/h2-12,15-16,25H,13-14,17-18H2,1H3. The summed E-state index contributed by atoms with van der Waals surface area (Å²) in [5.41, 5.74) is 5.00. The van der Waals surface area contributed by atoms with E-state index >= 15 is 0 Å². The van der Waals surface area contributed by atoms with E-state index in [4.69, 9.17) is 4.98 Å². The highest BCUT2D eigenvalue weighted by Crippen LogP contribution is 2.27. The van der Waals surface area contributed by atoms with Crippen LogP contribution < -0.4 is 5.32 Å². The van der Waals surface area contributed by atoms with Gasteiger partial charge < -0.3 is 9.88 Å². The Hall–Kier alpha value is -2.56. The second kappa shape index (κ2) is 9.09. The number of fused-ring (bicyclic) bond motifs is 1. The van der Waals surface area contributed by atoms with Crippen LogP contribution in [0, 0.1) is 0 Å². The summed E-state index contributed by atoms with van der Waals surface area (Å²) in [4.78, 5) is 4.95. The Kier molecular flexibility index (Phi) is 6.10. The minimum absolute atomic E-state index is 0.833. The molecule has 0 saturated heterocycles. The van der Waals surface area contributed by atoms with Crippen LogP contribution >= 0.6 is 11.8 Å². The van der Waals surface area contributed by atoms with E-state index in [1.54, 1.807) is 0 Å². The molecule has 3 nitrogen and oxygen atoms in total. The smallest absolute Gasteiger partial charge is 0.102 e. The molecule has 4 aromatic rings. The van der Waals surface area contributed by atoms with Gasteiger partial charge in [0.05, 0.1) is 5.52 Å². The third kappa shape index (κ3) is 4.64. The highest BCUT2D eigenvalue weighted by atomic mass is 32.2. The fourth-order valence-corrected chi connectivity index (χ4v) is 4.29. The van der Waals surface area contributed by atoms with Gasteiger partial charge in [-0.25, -0.2) is 4.98 Å². The lowest BCUT2D eigenvalue weighted by Gasteiger charge is -2.12. The molecule has 0 aliphatic heterocycles. The Bertz CT molecular complexity index is 1040. The van der Waals surface area contributed by atoms with Gasteiger partial charge in [0, 0.05) is 49.6 Å². The summed E-state index contributed by atoms with van der Waals surface area (Å²) >= 11 is 1.82. The maximum Gasteiger partial charge on any atom is 0.102 e. The number of hydrogen-bond acceptors (Lipinski definition) is 3. The summed E-state index contributed by atoms with van der Waals surface area (Å²) in [5.74, 6) is 0.933. The molecule has 0 amide bonds. The molecule has 0 aliphatic carbocycles. The van der Waals surface area contributed by atoms with Gasteiger partial charge >= 0.3 is 0 Å². The molecule has 28 heavy (non-hydrogen) atoms. The molecule has 2 heterocycles. The molecule has 0 spiro atoms. The lowest BCUT2D eigenvalue weighted by Crippen LogP contribution is -2.18. The Balaban J connectivity index is 1.47. The molecule has 2 aromatic heterocycles. The van der Waals surface area contributed by atoms with E-state index in [1.165, 1.54) is 22.2 Å². The van der Waals surface area contributed by atoms with Gasteiger partial charge in [-0.05, 0) is 35.4 Å². The normalized spacial score (nSPS) is 11.2. The molecule has 2 aromatic carbocycles. The van der Waals surface area contributed by atoms with Gasteiger partial charge in [-0.3, -0.25) is 0 Å². The van der Waals surface area contributed by atoms with Crippen molar-refractivity contribution in [2.75, 3.05) is 6.54 Å². The monoisotopic (exact) mass is 387 g/mol. The van der Waals surface area contributed by atoms with Crippen LogP contribution in [0.15, 0.2) is 84.0 Å². The minimum Gasteiger partial charge on any atom is -0.354 e. The summed E-state index contributed by atoms with van der Waals surface area (Å²) in [6, 6.07) is 25.5. The summed E-state index contributed by atoms with van der Waals surface area (Å²) in [5, 5.41) is 5.92. The Morgan fingerprint density at radius 1 is 0.964 bits per heavy atom. The van der Waals surface area contributed by atoms with Crippen molar-refractivity contribution in [3.8, 4) is 0 Å². The van der Waals surface area contributed by atoms with Gasteiger partial charge in [-0.15, -0.1) is 11.8 Å². The first-order chi connectivity index (χ1) is 13.8. The van der Waals surface area contributed by atoms with Crippen LogP contribution in [0.25, 0.3) is 10.9 Å². The van der Waals surface area contributed by atoms with Gasteiger partial charge in [0.25, 0.3) is 0 Å². The first kappa shape index (κ1) is 18.8. The Morgan fingerprint density at radius 2 is 1.79 bits per heavy atom. The molecule has 142 valence electrons. The van der Waals surface area contributed by atoms with E-state index in [0.717, 1.165) is 35.8 Å². The van der Waals surface area contributed by atoms with Crippen molar-refractivity contribution in [2.24, 2.45) is 7.05 Å². The number of nitrogens with one attached hydrogen (secondary N) is 1. The highest BCUT2D eigenvalue weighted by Gasteiger charge is 2.08. The van der Waals surface area contributed by atoms with Crippen molar-refractivity contribution < 1.29 is 0 Å². The molecule has 0 radical (unpaired) electrons. The maximum atomic E-state index is 4.95. The van der Waals surface area contributed by atoms with Crippen LogP contribution in [0.3, 0.4) is 0 Å². The molecular formula is C24H25N3S. The number of aromatic nitrogens is 2. The summed E-state index contributed by atoms with van der Waals surface area (Å²) in [6.45, 7) is 1.78. The molecule has 0 unspecified atom stereocenters. The molecule has 0 fully saturated rings. The van der Waals surface area contributed by atoms with Crippen LogP contribution in [0.1, 0.15) is 16.8 Å². The lowest BCUT2D eigenvalue weighted by atomic mass is 10.1. The predicted octanol–water partition coefficient (Wildman–Crippen LogP) is 5.20. The maximum absolute atomic E-state index is 4.95. The second-order valence-corrected chi connectivity index (χ2v) is 7.92. The number of thioether (sulfide) groups is 1. The van der Waals surface area contributed by atoms with E-state index in [-0.39, 0.29) is 0 Å². The number of nitrogens with zero attached hydrogens (tertiary/aromatic N) is 2. The zero-order chi connectivity index (χ0) is 19.2. The quantitative estimate of drug-likeness (QED) is 0.333. The van der Waals surface area contributed by atoms with Gasteiger partial charge in [0.15, 0.2) is 0 Å². The molecule has 0 saturated carbocycles. The zero-order valence-electron chi connectivity index (χ0n) is 16.1. The molecule has 1 N–H and O–H groups in total. The van der Waals surface area contributed by atoms with Crippen molar-refractivity contribution >= 4 is 22.7 Å². The van der Waals surface area contributed by atoms with Crippen molar-refractivity contribution in [3.63, 3.8) is 0 Å². The SMILES string of the molecule is Cn1cccc1CCNCc1cc2ccccc2nc1SCc1ccccc1. The van der Waals surface area contributed by atoms with Crippen LogP contribution in [-0.2, 0) is 25.8 Å². The third-order valence-electron chi connectivity index (χ3n) is 4.91. The van der Waals surface area contributed by atoms with Crippen molar-refractivity contribution in [3.05, 3.63) is 95.8 Å². The molecule has 0 atom stereocenters. The Morgan fingerprint density at radius 3 is 2.61 bits per heavy atom. The zero-order valence-corrected chi connectivity index (χ0v) is 17.0. The largest absolute Gasteiger partial charge is 0.354 e. The fourth-order valence-electron chi connectivity index (χ4n) is 3.32. The van der Waals surface area contributed by atoms with E-state index in [9.17, 15) is 0 Å². The third-order valence-corrected chi connectivity index (χ3v) is 6.01. The first-order valence-electron chi connectivity index (χ1n) is 9.66. The number of hydrogen-bond donors (Lipinski definition) is 1. The van der Waals surface area contributed by atoms with Gasteiger partial charge in [0.2, 0.25) is 0 Å². The number of aryl methyl sites for hydroxylation is 1. The number of benzene rings is 2. The predicted molar refractivity (Wildman–Crippen MR) is 119 cm³/mol. The van der Waals surface area contributed by atoms with Crippen molar-refractivity contribution in [2.45, 2.75) is 23.7 Å². The second-order valence-electron chi connectivity index (χ2n) is 6.96. The van der Waals surface area contributed by atoms with Crippen LogP contribution in [0.5, 0.6) is 0 Å².